The third-order valence-corrected chi connectivity index (χ3v) is 4.22. The van der Waals surface area contributed by atoms with Gasteiger partial charge >= 0.3 is 5.97 Å². The van der Waals surface area contributed by atoms with Crippen LogP contribution < -0.4 is 14.8 Å². The van der Waals surface area contributed by atoms with E-state index in [0.717, 1.165) is 0 Å². The normalized spacial score (nSPS) is 25.4. The molecule has 124 valence electrons. The predicted octanol–water partition coefficient (Wildman–Crippen LogP) is 0.965. The molecule has 1 amide bonds. The lowest BCUT2D eigenvalue weighted by molar-refractivity contribution is -0.154. The zero-order valence-electron chi connectivity index (χ0n) is 12.8. The van der Waals surface area contributed by atoms with Crippen molar-refractivity contribution in [3.63, 3.8) is 0 Å². The largest absolute Gasteiger partial charge is 0.482 e. The number of rotatable bonds is 3. The summed E-state index contributed by atoms with van der Waals surface area (Å²) >= 11 is 0. The quantitative estimate of drug-likeness (QED) is 0.861. The van der Waals surface area contributed by atoms with E-state index in [9.17, 15) is 14.7 Å². The molecular formula is C16H19NO6. The van der Waals surface area contributed by atoms with Crippen molar-refractivity contribution < 1.29 is 28.9 Å². The summed E-state index contributed by atoms with van der Waals surface area (Å²) in [6.07, 6.45) is -0.960. The molecule has 3 rings (SSSR count). The molecule has 7 heteroatoms. The molecule has 0 unspecified atom stereocenters. The van der Waals surface area contributed by atoms with E-state index in [2.05, 4.69) is 5.32 Å². The summed E-state index contributed by atoms with van der Waals surface area (Å²) in [7, 11) is 0. The van der Waals surface area contributed by atoms with Crippen LogP contribution in [0.1, 0.15) is 19.8 Å². The number of hydrogen-bond donors (Lipinski definition) is 2. The zero-order valence-corrected chi connectivity index (χ0v) is 12.8. The summed E-state index contributed by atoms with van der Waals surface area (Å²) in [5.74, 6) is -0.500. The number of para-hydroxylation sites is 2. The highest BCUT2D eigenvalue weighted by Gasteiger charge is 2.45. The molecule has 2 heterocycles. The molecule has 23 heavy (non-hydrogen) atoms. The van der Waals surface area contributed by atoms with Crippen LogP contribution in [0, 0.1) is 0 Å². The van der Waals surface area contributed by atoms with E-state index < -0.39 is 29.6 Å². The maximum absolute atomic E-state index is 12.6. The number of aliphatic carboxylic acids is 1. The lowest BCUT2D eigenvalue weighted by atomic mass is 9.89. The first-order valence-electron chi connectivity index (χ1n) is 7.57. The summed E-state index contributed by atoms with van der Waals surface area (Å²) in [6, 6.07) is 7.07. The fraction of sp³-hybridized carbons (Fsp3) is 0.500. The minimum absolute atomic E-state index is 0.229. The van der Waals surface area contributed by atoms with Gasteiger partial charge in [0.1, 0.15) is 11.6 Å². The summed E-state index contributed by atoms with van der Waals surface area (Å²) < 4.78 is 16.6. The van der Waals surface area contributed by atoms with E-state index >= 15 is 0 Å². The SMILES string of the molecule is C[C@@H]1Oc2ccccc2O[C@@H]1C(=O)NC1(C(=O)O)CCOCC1. The van der Waals surface area contributed by atoms with Crippen LogP contribution in [-0.2, 0) is 14.3 Å². The van der Waals surface area contributed by atoms with Gasteiger partial charge in [-0.2, -0.15) is 0 Å². The number of carboxylic acid groups (broad SMARTS) is 1. The Morgan fingerprint density at radius 2 is 1.78 bits per heavy atom. The first-order valence-corrected chi connectivity index (χ1v) is 7.57. The zero-order chi connectivity index (χ0) is 16.4. The molecule has 1 aromatic rings. The first-order chi connectivity index (χ1) is 11.0. The number of ether oxygens (including phenoxy) is 3. The van der Waals surface area contributed by atoms with E-state index in [0.29, 0.717) is 24.7 Å². The summed E-state index contributed by atoms with van der Waals surface area (Å²) in [5.41, 5.74) is -1.31. The number of carboxylic acids is 1. The van der Waals surface area contributed by atoms with Crippen molar-refractivity contribution in [3.05, 3.63) is 24.3 Å². The second-order valence-electron chi connectivity index (χ2n) is 5.80. The van der Waals surface area contributed by atoms with Gasteiger partial charge in [0.15, 0.2) is 11.5 Å². The van der Waals surface area contributed by atoms with Crippen molar-refractivity contribution in [1.82, 2.24) is 5.32 Å². The van der Waals surface area contributed by atoms with Crippen LogP contribution in [0.4, 0.5) is 0 Å². The molecule has 2 aliphatic rings. The average molecular weight is 321 g/mol. The molecule has 0 aliphatic carbocycles. The number of carbonyl (C=O) groups is 2. The first kappa shape index (κ1) is 15.6. The van der Waals surface area contributed by atoms with Gasteiger partial charge in [0.05, 0.1) is 0 Å². The molecule has 1 aromatic carbocycles. The fourth-order valence-corrected chi connectivity index (χ4v) is 2.83. The van der Waals surface area contributed by atoms with Gasteiger partial charge in [-0.25, -0.2) is 4.79 Å². The minimum Gasteiger partial charge on any atom is -0.482 e. The molecule has 2 aliphatic heterocycles. The maximum Gasteiger partial charge on any atom is 0.329 e. The Bertz CT molecular complexity index is 610. The Kier molecular flexibility index (Phi) is 4.12. The van der Waals surface area contributed by atoms with Crippen molar-refractivity contribution in [3.8, 4) is 11.5 Å². The second kappa shape index (κ2) is 6.08. The predicted molar refractivity (Wildman–Crippen MR) is 79.5 cm³/mol. The number of hydrogen-bond acceptors (Lipinski definition) is 5. The molecule has 2 atom stereocenters. The van der Waals surface area contributed by atoms with E-state index in [4.69, 9.17) is 14.2 Å². The number of nitrogens with one attached hydrogen (secondary N) is 1. The molecule has 0 spiro atoms. The number of amides is 1. The van der Waals surface area contributed by atoms with Crippen molar-refractivity contribution in [2.24, 2.45) is 0 Å². The fourth-order valence-electron chi connectivity index (χ4n) is 2.83. The molecular weight excluding hydrogens is 302 g/mol. The molecule has 0 aromatic heterocycles. The topological polar surface area (TPSA) is 94.1 Å². The van der Waals surface area contributed by atoms with E-state index in [-0.39, 0.29) is 12.8 Å². The smallest absolute Gasteiger partial charge is 0.329 e. The van der Waals surface area contributed by atoms with Gasteiger partial charge in [0, 0.05) is 26.1 Å². The molecule has 7 nitrogen and oxygen atoms in total. The van der Waals surface area contributed by atoms with Gasteiger partial charge < -0.3 is 24.6 Å². The van der Waals surface area contributed by atoms with E-state index in [1.165, 1.54) is 0 Å². The Balaban J connectivity index is 1.76. The van der Waals surface area contributed by atoms with Gasteiger partial charge in [-0.15, -0.1) is 0 Å². The van der Waals surface area contributed by atoms with Gasteiger partial charge in [0.2, 0.25) is 6.10 Å². The minimum atomic E-state index is -1.31. The van der Waals surface area contributed by atoms with Crippen molar-refractivity contribution in [2.45, 2.75) is 37.5 Å². The lowest BCUT2D eigenvalue weighted by Gasteiger charge is -2.37. The van der Waals surface area contributed by atoms with Crippen LogP contribution in [-0.4, -0.2) is 47.9 Å². The summed E-state index contributed by atoms with van der Waals surface area (Å²) in [4.78, 5) is 24.2. The van der Waals surface area contributed by atoms with Gasteiger partial charge in [-0.05, 0) is 19.1 Å². The van der Waals surface area contributed by atoms with Crippen molar-refractivity contribution in [1.29, 1.82) is 0 Å². The Morgan fingerprint density at radius 3 is 2.39 bits per heavy atom. The van der Waals surface area contributed by atoms with Crippen molar-refractivity contribution in [2.75, 3.05) is 13.2 Å². The number of carbonyl (C=O) groups excluding carboxylic acids is 1. The third-order valence-electron chi connectivity index (χ3n) is 4.22. The third kappa shape index (κ3) is 2.96. The van der Waals surface area contributed by atoms with Crippen LogP contribution in [0.25, 0.3) is 0 Å². The molecule has 0 radical (unpaired) electrons. The molecule has 1 fully saturated rings. The second-order valence-corrected chi connectivity index (χ2v) is 5.80. The Labute approximate surface area is 133 Å². The summed E-state index contributed by atoms with van der Waals surface area (Å²) in [6.45, 7) is 2.32. The van der Waals surface area contributed by atoms with Gasteiger partial charge in [0.25, 0.3) is 5.91 Å². The van der Waals surface area contributed by atoms with Gasteiger partial charge in [-0.1, -0.05) is 12.1 Å². The Hall–Kier alpha value is -2.28. The van der Waals surface area contributed by atoms with Crippen molar-refractivity contribution >= 4 is 11.9 Å². The Morgan fingerprint density at radius 1 is 1.17 bits per heavy atom. The van der Waals surface area contributed by atoms with Gasteiger partial charge in [-0.3, -0.25) is 4.79 Å². The maximum atomic E-state index is 12.6. The van der Waals surface area contributed by atoms with Crippen LogP contribution in [0.3, 0.4) is 0 Å². The average Bonchev–Trinajstić information content (AvgIpc) is 2.54. The number of benzene rings is 1. The lowest BCUT2D eigenvalue weighted by Crippen LogP contribution is -2.62. The standard InChI is InChI=1S/C16H19NO6/c1-10-13(23-12-5-3-2-4-11(12)22-10)14(18)17-16(15(19)20)6-8-21-9-7-16/h2-5,10,13H,6-9H2,1H3,(H,17,18)(H,19,20)/t10-,13-/m0/s1. The van der Waals surface area contributed by atoms with Crippen LogP contribution in [0.5, 0.6) is 11.5 Å². The summed E-state index contributed by atoms with van der Waals surface area (Å²) in [5, 5.41) is 12.2. The van der Waals surface area contributed by atoms with Crippen LogP contribution >= 0.6 is 0 Å². The highest BCUT2D eigenvalue weighted by molar-refractivity contribution is 5.90. The number of fused-ring (bicyclic) bond motifs is 1. The highest BCUT2D eigenvalue weighted by Crippen LogP contribution is 2.33. The highest BCUT2D eigenvalue weighted by atomic mass is 16.6. The van der Waals surface area contributed by atoms with E-state index in [1.54, 1.807) is 25.1 Å². The van der Waals surface area contributed by atoms with Crippen LogP contribution in [0.15, 0.2) is 24.3 Å². The molecule has 1 saturated heterocycles. The molecule has 0 bridgehead atoms. The molecule has 0 saturated carbocycles. The molecule has 2 N–H and O–H groups in total. The van der Waals surface area contributed by atoms with E-state index in [1.807, 2.05) is 6.07 Å². The monoisotopic (exact) mass is 321 g/mol. The van der Waals surface area contributed by atoms with Crippen LogP contribution in [0.2, 0.25) is 0 Å².